The summed E-state index contributed by atoms with van der Waals surface area (Å²) in [5.41, 5.74) is 4.26. The number of hydrogen-bond acceptors (Lipinski definition) is 4. The average Bonchev–Trinajstić information content (AvgIpc) is 3.23. The summed E-state index contributed by atoms with van der Waals surface area (Å²) in [4.78, 5) is 4.49. The molecular formula is C19H23ClN6. The molecule has 0 amide bonds. The Labute approximate surface area is 158 Å². The van der Waals surface area contributed by atoms with Gasteiger partial charge in [-0.25, -0.2) is 4.68 Å². The normalized spacial score (nSPS) is 25.2. The van der Waals surface area contributed by atoms with E-state index >= 15 is 0 Å². The Hall–Kier alpha value is -1.92. The van der Waals surface area contributed by atoms with Crippen molar-refractivity contribution in [1.29, 1.82) is 0 Å². The molecule has 2 aliphatic heterocycles. The van der Waals surface area contributed by atoms with Gasteiger partial charge in [-0.1, -0.05) is 29.7 Å². The second-order valence-corrected chi connectivity index (χ2v) is 7.98. The van der Waals surface area contributed by atoms with Crippen LogP contribution in [0.2, 0.25) is 5.02 Å². The Morgan fingerprint density at radius 3 is 2.85 bits per heavy atom. The lowest BCUT2D eigenvalue weighted by molar-refractivity contribution is 0.347. The van der Waals surface area contributed by atoms with Crippen molar-refractivity contribution in [2.24, 2.45) is 4.99 Å². The van der Waals surface area contributed by atoms with Crippen molar-refractivity contribution in [2.45, 2.75) is 50.0 Å². The number of rotatable bonds is 2. The SMILES string of the molecule is CN=C1Nc2cc(-n3cc([C@H]4CCCCN4)nn3)c(Cl)cc2C12CCC2. The first kappa shape index (κ1) is 16.3. The van der Waals surface area contributed by atoms with Gasteiger partial charge in [0.25, 0.3) is 0 Å². The number of amidine groups is 1. The highest BCUT2D eigenvalue weighted by molar-refractivity contribution is 6.33. The monoisotopic (exact) mass is 370 g/mol. The van der Waals surface area contributed by atoms with E-state index in [9.17, 15) is 0 Å². The third kappa shape index (κ3) is 2.32. The van der Waals surface area contributed by atoms with Crippen LogP contribution in [0.5, 0.6) is 0 Å². The molecule has 1 aromatic carbocycles. The molecule has 1 saturated heterocycles. The van der Waals surface area contributed by atoms with E-state index in [1.807, 2.05) is 13.2 Å². The molecule has 3 aliphatic rings. The first-order chi connectivity index (χ1) is 12.7. The Bertz CT molecular complexity index is 876. The fourth-order valence-corrected chi connectivity index (χ4v) is 4.83. The van der Waals surface area contributed by atoms with Gasteiger partial charge in [0.05, 0.1) is 28.4 Å². The quantitative estimate of drug-likeness (QED) is 0.847. The average molecular weight is 371 g/mol. The number of halogens is 1. The summed E-state index contributed by atoms with van der Waals surface area (Å²) in [6.07, 6.45) is 9.08. The number of fused-ring (bicyclic) bond motifs is 2. The van der Waals surface area contributed by atoms with E-state index in [0.29, 0.717) is 11.1 Å². The largest absolute Gasteiger partial charge is 0.343 e. The smallest absolute Gasteiger partial charge is 0.111 e. The van der Waals surface area contributed by atoms with Crippen molar-refractivity contribution < 1.29 is 0 Å². The van der Waals surface area contributed by atoms with Crippen LogP contribution in [0.4, 0.5) is 5.69 Å². The summed E-state index contributed by atoms with van der Waals surface area (Å²) in [6.45, 7) is 1.04. The Balaban J connectivity index is 1.51. The predicted octanol–water partition coefficient (Wildman–Crippen LogP) is 3.61. The van der Waals surface area contributed by atoms with Crippen LogP contribution < -0.4 is 10.6 Å². The van der Waals surface area contributed by atoms with Gasteiger partial charge in [0.1, 0.15) is 11.5 Å². The van der Waals surface area contributed by atoms with Gasteiger partial charge >= 0.3 is 0 Å². The third-order valence-corrected chi connectivity index (χ3v) is 6.47. The molecule has 136 valence electrons. The number of benzene rings is 1. The lowest BCUT2D eigenvalue weighted by atomic mass is 9.65. The second kappa shape index (κ2) is 6.06. The van der Waals surface area contributed by atoms with E-state index in [0.717, 1.165) is 48.7 Å². The molecule has 1 atom stereocenters. The molecule has 7 heteroatoms. The minimum Gasteiger partial charge on any atom is -0.343 e. The molecule has 2 aromatic rings. The number of aliphatic imine (C=N–C) groups is 1. The van der Waals surface area contributed by atoms with Gasteiger partial charge < -0.3 is 10.6 Å². The fraction of sp³-hybridized carbons (Fsp3) is 0.526. The highest BCUT2D eigenvalue weighted by Gasteiger charge is 2.49. The van der Waals surface area contributed by atoms with Gasteiger partial charge in [-0.05, 0) is 49.9 Å². The highest BCUT2D eigenvalue weighted by atomic mass is 35.5. The zero-order valence-corrected chi connectivity index (χ0v) is 15.7. The lowest BCUT2D eigenvalue weighted by Crippen LogP contribution is -2.41. The topological polar surface area (TPSA) is 67.1 Å². The van der Waals surface area contributed by atoms with Crippen molar-refractivity contribution in [3.05, 3.63) is 34.6 Å². The van der Waals surface area contributed by atoms with Crippen LogP contribution in [-0.2, 0) is 5.41 Å². The van der Waals surface area contributed by atoms with Crippen molar-refractivity contribution >= 4 is 23.1 Å². The zero-order valence-electron chi connectivity index (χ0n) is 14.9. The number of hydrogen-bond donors (Lipinski definition) is 2. The van der Waals surface area contributed by atoms with E-state index < -0.39 is 0 Å². The Kier molecular flexibility index (Phi) is 3.79. The van der Waals surface area contributed by atoms with Gasteiger partial charge in [-0.3, -0.25) is 4.99 Å². The summed E-state index contributed by atoms with van der Waals surface area (Å²) in [6, 6.07) is 4.47. The number of nitrogens with one attached hydrogen (secondary N) is 2. The van der Waals surface area contributed by atoms with Gasteiger partial charge in [0.2, 0.25) is 0 Å². The van der Waals surface area contributed by atoms with Crippen LogP contribution in [0, 0.1) is 0 Å². The fourth-order valence-electron chi connectivity index (χ4n) is 4.58. The summed E-state index contributed by atoms with van der Waals surface area (Å²) in [7, 11) is 1.86. The van der Waals surface area contributed by atoms with E-state index in [1.54, 1.807) is 4.68 Å². The molecular weight excluding hydrogens is 348 g/mol. The van der Waals surface area contributed by atoms with Gasteiger partial charge in [0.15, 0.2) is 0 Å². The molecule has 1 saturated carbocycles. The maximum Gasteiger partial charge on any atom is 0.111 e. The molecule has 1 aliphatic carbocycles. The van der Waals surface area contributed by atoms with Crippen LogP contribution in [-0.4, -0.2) is 34.4 Å². The standard InChI is InChI=1S/C19H23ClN6/c1-21-18-19(6-4-7-19)12-9-13(20)17(10-15(12)23-18)26-11-16(24-25-26)14-5-2-3-8-22-14/h9-11,14,22H,2-8H2,1H3,(H,21,23)/t14-/m1/s1. The maximum absolute atomic E-state index is 6.66. The van der Waals surface area contributed by atoms with Crippen LogP contribution in [0.1, 0.15) is 55.8 Å². The van der Waals surface area contributed by atoms with E-state index in [-0.39, 0.29) is 5.41 Å². The van der Waals surface area contributed by atoms with Gasteiger partial charge in [-0.2, -0.15) is 0 Å². The summed E-state index contributed by atoms with van der Waals surface area (Å²) >= 11 is 6.66. The van der Waals surface area contributed by atoms with Crippen molar-refractivity contribution in [1.82, 2.24) is 20.3 Å². The van der Waals surface area contributed by atoms with Crippen molar-refractivity contribution in [3.63, 3.8) is 0 Å². The third-order valence-electron chi connectivity index (χ3n) is 6.16. The number of piperidine rings is 1. The van der Waals surface area contributed by atoms with E-state index in [2.05, 4.69) is 38.1 Å². The Morgan fingerprint density at radius 2 is 2.15 bits per heavy atom. The molecule has 0 unspecified atom stereocenters. The van der Waals surface area contributed by atoms with Gasteiger partial charge in [0, 0.05) is 12.7 Å². The maximum atomic E-state index is 6.66. The molecule has 6 nitrogen and oxygen atoms in total. The zero-order chi connectivity index (χ0) is 17.7. The molecule has 1 spiro atoms. The van der Waals surface area contributed by atoms with Crippen molar-refractivity contribution in [3.8, 4) is 5.69 Å². The number of anilines is 1. The Morgan fingerprint density at radius 1 is 1.27 bits per heavy atom. The molecule has 1 aromatic heterocycles. The number of aromatic nitrogens is 3. The number of nitrogens with zero attached hydrogens (tertiary/aromatic N) is 4. The predicted molar refractivity (Wildman–Crippen MR) is 103 cm³/mol. The molecule has 26 heavy (non-hydrogen) atoms. The van der Waals surface area contributed by atoms with Crippen LogP contribution in [0.25, 0.3) is 5.69 Å². The second-order valence-electron chi connectivity index (χ2n) is 7.57. The summed E-state index contributed by atoms with van der Waals surface area (Å²) in [5.74, 6) is 1.07. The summed E-state index contributed by atoms with van der Waals surface area (Å²) < 4.78 is 1.80. The van der Waals surface area contributed by atoms with Crippen LogP contribution in [0.15, 0.2) is 23.3 Å². The van der Waals surface area contributed by atoms with E-state index in [1.165, 1.54) is 24.8 Å². The first-order valence-corrected chi connectivity index (χ1v) is 9.83. The van der Waals surface area contributed by atoms with Crippen LogP contribution in [0.3, 0.4) is 0 Å². The molecule has 2 fully saturated rings. The highest BCUT2D eigenvalue weighted by Crippen LogP contribution is 2.52. The van der Waals surface area contributed by atoms with Crippen LogP contribution >= 0.6 is 11.6 Å². The molecule has 3 heterocycles. The minimum atomic E-state index is 0.0474. The molecule has 0 bridgehead atoms. The summed E-state index contributed by atoms with van der Waals surface area (Å²) in [5, 5.41) is 16.5. The minimum absolute atomic E-state index is 0.0474. The molecule has 5 rings (SSSR count). The first-order valence-electron chi connectivity index (χ1n) is 9.45. The molecule has 2 N–H and O–H groups in total. The lowest BCUT2D eigenvalue weighted by Gasteiger charge is -2.38. The molecule has 0 radical (unpaired) electrons. The van der Waals surface area contributed by atoms with E-state index in [4.69, 9.17) is 11.6 Å². The van der Waals surface area contributed by atoms with Crippen molar-refractivity contribution in [2.75, 3.05) is 18.9 Å². The van der Waals surface area contributed by atoms with Gasteiger partial charge in [-0.15, -0.1) is 5.10 Å².